The third kappa shape index (κ3) is 4.57. The molecular formula is C13H17FN2O3. The molecule has 2 unspecified atom stereocenters. The SMILES string of the molecule is CC(CNC(=O)NC(C)c1ccccc1F)C(=O)O. The first-order valence-corrected chi connectivity index (χ1v) is 5.93. The molecule has 1 aromatic rings. The monoisotopic (exact) mass is 268 g/mol. The molecule has 0 heterocycles. The number of carboxylic acid groups (broad SMARTS) is 1. The molecule has 0 bridgehead atoms. The zero-order valence-electron chi connectivity index (χ0n) is 10.8. The maximum absolute atomic E-state index is 13.5. The number of halogens is 1. The molecule has 5 nitrogen and oxygen atoms in total. The Morgan fingerprint density at radius 3 is 2.53 bits per heavy atom. The predicted octanol–water partition coefficient (Wildman–Crippen LogP) is 1.91. The van der Waals surface area contributed by atoms with Crippen molar-refractivity contribution in [2.75, 3.05) is 6.54 Å². The minimum Gasteiger partial charge on any atom is -0.481 e. The standard InChI is InChI=1S/C13H17FN2O3/c1-8(12(17)18)7-15-13(19)16-9(2)10-5-3-4-6-11(10)14/h3-6,8-9H,7H2,1-2H3,(H,17,18)(H2,15,16,19). The summed E-state index contributed by atoms with van der Waals surface area (Å²) in [4.78, 5) is 22.1. The van der Waals surface area contributed by atoms with Crippen LogP contribution in [0.5, 0.6) is 0 Å². The summed E-state index contributed by atoms with van der Waals surface area (Å²) in [5.41, 5.74) is 0.379. The summed E-state index contributed by atoms with van der Waals surface area (Å²) in [6.45, 7) is 3.16. The Bertz CT molecular complexity index is 465. The molecule has 0 saturated carbocycles. The summed E-state index contributed by atoms with van der Waals surface area (Å²) < 4.78 is 13.5. The van der Waals surface area contributed by atoms with Crippen LogP contribution in [-0.2, 0) is 4.79 Å². The molecule has 0 fully saturated rings. The van der Waals surface area contributed by atoms with Crippen molar-refractivity contribution in [2.24, 2.45) is 5.92 Å². The first kappa shape index (κ1) is 14.9. The quantitative estimate of drug-likeness (QED) is 0.763. The molecule has 0 saturated heterocycles. The normalized spacial score (nSPS) is 13.4. The highest BCUT2D eigenvalue weighted by Crippen LogP contribution is 2.15. The second kappa shape index (κ2) is 6.72. The largest absolute Gasteiger partial charge is 0.481 e. The van der Waals surface area contributed by atoms with Crippen molar-refractivity contribution in [1.82, 2.24) is 10.6 Å². The number of amides is 2. The highest BCUT2D eigenvalue weighted by Gasteiger charge is 2.15. The molecule has 2 amide bonds. The van der Waals surface area contributed by atoms with Gasteiger partial charge in [-0.1, -0.05) is 25.1 Å². The van der Waals surface area contributed by atoms with Crippen LogP contribution in [0.25, 0.3) is 0 Å². The van der Waals surface area contributed by atoms with Gasteiger partial charge in [-0.25, -0.2) is 9.18 Å². The second-order valence-corrected chi connectivity index (χ2v) is 4.34. The molecule has 1 rings (SSSR count). The predicted molar refractivity (Wildman–Crippen MR) is 68.1 cm³/mol. The van der Waals surface area contributed by atoms with Gasteiger partial charge in [0.25, 0.3) is 0 Å². The van der Waals surface area contributed by atoms with Gasteiger partial charge in [-0.3, -0.25) is 4.79 Å². The van der Waals surface area contributed by atoms with E-state index in [1.54, 1.807) is 25.1 Å². The summed E-state index contributed by atoms with van der Waals surface area (Å²) in [6.07, 6.45) is 0. The lowest BCUT2D eigenvalue weighted by Crippen LogP contribution is -2.40. The number of carbonyl (C=O) groups is 2. The second-order valence-electron chi connectivity index (χ2n) is 4.34. The van der Waals surface area contributed by atoms with Crippen molar-refractivity contribution in [1.29, 1.82) is 0 Å². The van der Waals surface area contributed by atoms with Crippen LogP contribution in [0.2, 0.25) is 0 Å². The van der Waals surface area contributed by atoms with Gasteiger partial charge in [-0.2, -0.15) is 0 Å². The van der Waals surface area contributed by atoms with Gasteiger partial charge in [-0.05, 0) is 13.0 Å². The number of urea groups is 1. The van der Waals surface area contributed by atoms with Crippen molar-refractivity contribution in [2.45, 2.75) is 19.9 Å². The summed E-state index contributed by atoms with van der Waals surface area (Å²) in [6, 6.07) is 5.13. The van der Waals surface area contributed by atoms with Crippen LogP contribution < -0.4 is 10.6 Å². The van der Waals surface area contributed by atoms with Crippen molar-refractivity contribution < 1.29 is 19.1 Å². The van der Waals surface area contributed by atoms with Gasteiger partial charge < -0.3 is 15.7 Å². The van der Waals surface area contributed by atoms with Gasteiger partial charge >= 0.3 is 12.0 Å². The summed E-state index contributed by atoms with van der Waals surface area (Å²) in [7, 11) is 0. The topological polar surface area (TPSA) is 78.4 Å². The number of benzene rings is 1. The molecule has 104 valence electrons. The number of carboxylic acids is 1. The fraction of sp³-hybridized carbons (Fsp3) is 0.385. The zero-order valence-corrected chi connectivity index (χ0v) is 10.8. The minimum atomic E-state index is -0.984. The Balaban J connectivity index is 2.49. The lowest BCUT2D eigenvalue weighted by Gasteiger charge is -2.16. The number of carbonyl (C=O) groups excluding carboxylic acids is 1. The van der Waals surface area contributed by atoms with E-state index in [1.807, 2.05) is 0 Å². The van der Waals surface area contributed by atoms with E-state index in [-0.39, 0.29) is 6.54 Å². The van der Waals surface area contributed by atoms with Crippen LogP contribution in [0, 0.1) is 11.7 Å². The fourth-order valence-corrected chi connectivity index (χ4v) is 1.48. The van der Waals surface area contributed by atoms with Crippen molar-refractivity contribution in [3.8, 4) is 0 Å². The van der Waals surface area contributed by atoms with E-state index in [2.05, 4.69) is 10.6 Å². The Morgan fingerprint density at radius 2 is 1.95 bits per heavy atom. The van der Waals surface area contributed by atoms with E-state index in [9.17, 15) is 14.0 Å². The van der Waals surface area contributed by atoms with Gasteiger partial charge in [0.2, 0.25) is 0 Å². The molecule has 3 N–H and O–H groups in total. The molecule has 0 aromatic heterocycles. The number of nitrogens with one attached hydrogen (secondary N) is 2. The molecule has 0 aliphatic rings. The van der Waals surface area contributed by atoms with Gasteiger partial charge in [0.05, 0.1) is 12.0 Å². The number of aliphatic carboxylic acids is 1. The number of hydrogen-bond donors (Lipinski definition) is 3. The summed E-state index contributed by atoms with van der Waals surface area (Å²) in [5, 5.41) is 13.6. The molecule has 19 heavy (non-hydrogen) atoms. The Kier molecular flexibility index (Phi) is 5.29. The first-order valence-electron chi connectivity index (χ1n) is 5.93. The van der Waals surface area contributed by atoms with Crippen molar-refractivity contribution in [3.63, 3.8) is 0 Å². The fourth-order valence-electron chi connectivity index (χ4n) is 1.48. The van der Waals surface area contributed by atoms with E-state index < -0.39 is 29.8 Å². The Morgan fingerprint density at radius 1 is 1.32 bits per heavy atom. The van der Waals surface area contributed by atoms with Crippen LogP contribution in [0.1, 0.15) is 25.5 Å². The van der Waals surface area contributed by atoms with Crippen LogP contribution in [0.15, 0.2) is 24.3 Å². The maximum atomic E-state index is 13.5. The highest BCUT2D eigenvalue weighted by atomic mass is 19.1. The third-order valence-electron chi connectivity index (χ3n) is 2.71. The van der Waals surface area contributed by atoms with Gasteiger partial charge in [-0.15, -0.1) is 0 Å². The van der Waals surface area contributed by atoms with Crippen LogP contribution in [-0.4, -0.2) is 23.7 Å². The molecular weight excluding hydrogens is 251 g/mol. The smallest absolute Gasteiger partial charge is 0.315 e. The summed E-state index contributed by atoms with van der Waals surface area (Å²) >= 11 is 0. The molecule has 0 spiro atoms. The molecule has 0 radical (unpaired) electrons. The Hall–Kier alpha value is -2.11. The lowest BCUT2D eigenvalue weighted by molar-refractivity contribution is -0.140. The average Bonchev–Trinajstić information content (AvgIpc) is 2.36. The lowest BCUT2D eigenvalue weighted by atomic mass is 10.1. The molecule has 0 aliphatic carbocycles. The van der Waals surface area contributed by atoms with E-state index >= 15 is 0 Å². The zero-order chi connectivity index (χ0) is 14.4. The van der Waals surface area contributed by atoms with E-state index in [4.69, 9.17) is 5.11 Å². The van der Waals surface area contributed by atoms with Crippen LogP contribution >= 0.6 is 0 Å². The first-order chi connectivity index (χ1) is 8.91. The van der Waals surface area contributed by atoms with E-state index in [0.29, 0.717) is 5.56 Å². The molecule has 6 heteroatoms. The van der Waals surface area contributed by atoms with Crippen molar-refractivity contribution >= 4 is 12.0 Å². The third-order valence-corrected chi connectivity index (χ3v) is 2.71. The molecule has 2 atom stereocenters. The van der Waals surface area contributed by atoms with E-state index in [0.717, 1.165) is 0 Å². The van der Waals surface area contributed by atoms with Crippen LogP contribution in [0.3, 0.4) is 0 Å². The summed E-state index contributed by atoms with van der Waals surface area (Å²) in [5.74, 6) is -2.05. The van der Waals surface area contributed by atoms with Gasteiger partial charge in [0, 0.05) is 12.1 Å². The minimum absolute atomic E-state index is 0.0190. The van der Waals surface area contributed by atoms with Crippen molar-refractivity contribution in [3.05, 3.63) is 35.6 Å². The van der Waals surface area contributed by atoms with E-state index in [1.165, 1.54) is 13.0 Å². The Labute approximate surface area is 110 Å². The molecule has 0 aliphatic heterocycles. The number of rotatable bonds is 5. The molecule has 1 aromatic carbocycles. The van der Waals surface area contributed by atoms with Gasteiger partial charge in [0.1, 0.15) is 5.82 Å². The van der Waals surface area contributed by atoms with Crippen LogP contribution in [0.4, 0.5) is 9.18 Å². The van der Waals surface area contributed by atoms with Gasteiger partial charge in [0.15, 0.2) is 0 Å². The maximum Gasteiger partial charge on any atom is 0.315 e. The highest BCUT2D eigenvalue weighted by molar-refractivity contribution is 5.76. The average molecular weight is 268 g/mol. The number of hydrogen-bond acceptors (Lipinski definition) is 2.